The molecule has 0 radical (unpaired) electrons. The molecule has 1 aliphatic rings. The molecule has 1 atom stereocenters. The van der Waals surface area contributed by atoms with Gasteiger partial charge in [-0.05, 0) is 18.2 Å². The van der Waals surface area contributed by atoms with E-state index < -0.39 is 5.82 Å². The maximum absolute atomic E-state index is 14.0. The number of halogens is 1. The SMILES string of the molecule is Nc1ccccc1[C@H]1SCC(=O)N1c1ccccc1F. The van der Waals surface area contributed by atoms with E-state index in [0.29, 0.717) is 17.1 Å². The first-order chi connectivity index (χ1) is 9.68. The molecule has 5 heteroatoms. The molecule has 0 bridgehead atoms. The van der Waals surface area contributed by atoms with Crippen LogP contribution >= 0.6 is 11.8 Å². The lowest BCUT2D eigenvalue weighted by Crippen LogP contribution is -2.29. The molecule has 1 heterocycles. The van der Waals surface area contributed by atoms with E-state index in [1.54, 1.807) is 24.3 Å². The van der Waals surface area contributed by atoms with Crippen molar-refractivity contribution in [3.63, 3.8) is 0 Å². The Morgan fingerprint density at radius 3 is 2.60 bits per heavy atom. The van der Waals surface area contributed by atoms with Crippen molar-refractivity contribution in [2.75, 3.05) is 16.4 Å². The van der Waals surface area contributed by atoms with Gasteiger partial charge in [0.05, 0.1) is 11.4 Å². The number of carbonyl (C=O) groups excluding carboxylic acids is 1. The minimum absolute atomic E-state index is 0.103. The molecule has 102 valence electrons. The molecular formula is C15H13FN2OS. The molecular weight excluding hydrogens is 275 g/mol. The number of nitrogens with two attached hydrogens (primary N) is 1. The molecule has 0 spiro atoms. The highest BCUT2D eigenvalue weighted by Gasteiger charge is 2.36. The number of hydrogen-bond donors (Lipinski definition) is 1. The Kier molecular flexibility index (Phi) is 3.36. The summed E-state index contributed by atoms with van der Waals surface area (Å²) in [6, 6.07) is 13.7. The average Bonchev–Trinajstić information content (AvgIpc) is 2.82. The van der Waals surface area contributed by atoms with Crippen molar-refractivity contribution in [2.24, 2.45) is 0 Å². The smallest absolute Gasteiger partial charge is 0.238 e. The highest BCUT2D eigenvalue weighted by atomic mass is 32.2. The van der Waals surface area contributed by atoms with E-state index in [4.69, 9.17) is 5.73 Å². The van der Waals surface area contributed by atoms with Gasteiger partial charge in [-0.25, -0.2) is 4.39 Å². The van der Waals surface area contributed by atoms with Crippen molar-refractivity contribution >= 4 is 29.0 Å². The van der Waals surface area contributed by atoms with Crippen LogP contribution in [0.25, 0.3) is 0 Å². The second-order valence-corrected chi connectivity index (χ2v) is 5.58. The lowest BCUT2D eigenvalue weighted by atomic mass is 10.1. The van der Waals surface area contributed by atoms with Gasteiger partial charge in [0.25, 0.3) is 0 Å². The molecule has 20 heavy (non-hydrogen) atoms. The summed E-state index contributed by atoms with van der Waals surface area (Å²) >= 11 is 1.46. The zero-order chi connectivity index (χ0) is 14.1. The predicted octanol–water partition coefficient (Wildman–Crippen LogP) is 3.19. The third-order valence-corrected chi connectivity index (χ3v) is 4.44. The number of nitrogens with zero attached hydrogens (tertiary/aromatic N) is 1. The van der Waals surface area contributed by atoms with Crippen LogP contribution in [0.2, 0.25) is 0 Å². The number of rotatable bonds is 2. The van der Waals surface area contributed by atoms with E-state index in [1.165, 1.54) is 22.7 Å². The van der Waals surface area contributed by atoms with Crippen LogP contribution in [0, 0.1) is 5.82 Å². The van der Waals surface area contributed by atoms with Crippen LogP contribution in [0.15, 0.2) is 48.5 Å². The molecule has 2 aromatic rings. The number of amides is 1. The Balaban J connectivity index is 2.06. The Morgan fingerprint density at radius 1 is 1.15 bits per heavy atom. The number of carbonyl (C=O) groups is 1. The first-order valence-corrected chi connectivity index (χ1v) is 7.26. The van der Waals surface area contributed by atoms with Gasteiger partial charge in [-0.2, -0.15) is 0 Å². The zero-order valence-electron chi connectivity index (χ0n) is 10.6. The summed E-state index contributed by atoms with van der Waals surface area (Å²) in [6.07, 6.45) is 0. The first kappa shape index (κ1) is 13.0. The fourth-order valence-corrected chi connectivity index (χ4v) is 3.51. The van der Waals surface area contributed by atoms with Crippen LogP contribution in [0.5, 0.6) is 0 Å². The van der Waals surface area contributed by atoms with Gasteiger partial charge in [-0.15, -0.1) is 11.8 Å². The van der Waals surface area contributed by atoms with Gasteiger partial charge in [0.2, 0.25) is 5.91 Å². The van der Waals surface area contributed by atoms with E-state index in [1.807, 2.05) is 18.2 Å². The van der Waals surface area contributed by atoms with Crippen LogP contribution in [-0.4, -0.2) is 11.7 Å². The molecule has 0 saturated carbocycles. The number of thioether (sulfide) groups is 1. The number of para-hydroxylation sites is 2. The lowest BCUT2D eigenvalue weighted by Gasteiger charge is -2.25. The quantitative estimate of drug-likeness (QED) is 0.863. The summed E-state index contributed by atoms with van der Waals surface area (Å²) in [4.78, 5) is 13.6. The molecule has 0 aliphatic carbocycles. The number of benzene rings is 2. The van der Waals surface area contributed by atoms with Gasteiger partial charge in [-0.1, -0.05) is 30.3 Å². The predicted molar refractivity (Wildman–Crippen MR) is 79.9 cm³/mol. The molecule has 1 fully saturated rings. The van der Waals surface area contributed by atoms with Crippen molar-refractivity contribution in [1.29, 1.82) is 0 Å². The van der Waals surface area contributed by atoms with Crippen molar-refractivity contribution in [2.45, 2.75) is 5.37 Å². The van der Waals surface area contributed by atoms with Gasteiger partial charge in [0, 0.05) is 11.3 Å². The highest BCUT2D eigenvalue weighted by molar-refractivity contribution is 8.00. The second kappa shape index (κ2) is 5.17. The Hall–Kier alpha value is -2.01. The van der Waals surface area contributed by atoms with Gasteiger partial charge in [-0.3, -0.25) is 9.69 Å². The van der Waals surface area contributed by atoms with Crippen molar-refractivity contribution < 1.29 is 9.18 Å². The summed E-state index contributed by atoms with van der Waals surface area (Å²) in [7, 11) is 0. The molecule has 2 aromatic carbocycles. The lowest BCUT2D eigenvalue weighted by molar-refractivity contribution is -0.115. The minimum Gasteiger partial charge on any atom is -0.398 e. The van der Waals surface area contributed by atoms with Crippen molar-refractivity contribution in [3.8, 4) is 0 Å². The maximum Gasteiger partial charge on any atom is 0.238 e. The standard InChI is InChI=1S/C15H13FN2OS/c16-11-6-2-4-8-13(11)18-14(19)9-20-15(18)10-5-1-3-7-12(10)17/h1-8,15H,9,17H2/t15-/m1/s1. The van der Waals surface area contributed by atoms with E-state index in [0.717, 1.165) is 5.56 Å². The van der Waals surface area contributed by atoms with E-state index in [9.17, 15) is 9.18 Å². The topological polar surface area (TPSA) is 46.3 Å². The number of nitrogen functional groups attached to an aromatic ring is 1. The zero-order valence-corrected chi connectivity index (χ0v) is 11.4. The third kappa shape index (κ3) is 2.14. The van der Waals surface area contributed by atoms with E-state index in [2.05, 4.69) is 0 Å². The molecule has 1 aliphatic heterocycles. The summed E-state index contributed by atoms with van der Waals surface area (Å²) in [5, 5.41) is -0.277. The summed E-state index contributed by atoms with van der Waals surface area (Å²) in [5.74, 6) is -0.177. The van der Waals surface area contributed by atoms with Crippen molar-refractivity contribution in [1.82, 2.24) is 0 Å². The fourth-order valence-electron chi connectivity index (χ4n) is 2.30. The van der Waals surface area contributed by atoms with Crippen LogP contribution < -0.4 is 10.6 Å². The second-order valence-electron chi connectivity index (χ2n) is 4.51. The Morgan fingerprint density at radius 2 is 1.85 bits per heavy atom. The van der Waals surface area contributed by atoms with Crippen LogP contribution in [0.4, 0.5) is 15.8 Å². The largest absolute Gasteiger partial charge is 0.398 e. The number of anilines is 2. The van der Waals surface area contributed by atoms with Gasteiger partial charge >= 0.3 is 0 Å². The molecule has 2 N–H and O–H groups in total. The molecule has 3 nitrogen and oxygen atoms in total. The molecule has 0 unspecified atom stereocenters. The monoisotopic (exact) mass is 288 g/mol. The van der Waals surface area contributed by atoms with Crippen LogP contribution in [0.3, 0.4) is 0 Å². The van der Waals surface area contributed by atoms with E-state index >= 15 is 0 Å². The summed E-state index contributed by atoms with van der Waals surface area (Å²) in [6.45, 7) is 0. The minimum atomic E-state index is -0.400. The molecule has 3 rings (SSSR count). The van der Waals surface area contributed by atoms with Crippen molar-refractivity contribution in [3.05, 3.63) is 59.9 Å². The van der Waals surface area contributed by atoms with Crippen LogP contribution in [0.1, 0.15) is 10.9 Å². The Bertz CT molecular complexity index is 662. The average molecular weight is 288 g/mol. The Labute approximate surface area is 120 Å². The van der Waals surface area contributed by atoms with Gasteiger partial charge < -0.3 is 5.73 Å². The molecule has 1 saturated heterocycles. The fraction of sp³-hybridized carbons (Fsp3) is 0.133. The molecule has 1 amide bonds. The summed E-state index contributed by atoms with van der Waals surface area (Å²) < 4.78 is 14.0. The number of hydrogen-bond acceptors (Lipinski definition) is 3. The molecule has 0 aromatic heterocycles. The highest BCUT2D eigenvalue weighted by Crippen LogP contribution is 2.44. The maximum atomic E-state index is 14.0. The normalized spacial score (nSPS) is 18.6. The van der Waals surface area contributed by atoms with E-state index in [-0.39, 0.29) is 11.3 Å². The van der Waals surface area contributed by atoms with Crippen LogP contribution in [-0.2, 0) is 4.79 Å². The third-order valence-electron chi connectivity index (χ3n) is 3.24. The summed E-state index contributed by atoms with van der Waals surface area (Å²) in [5.41, 5.74) is 7.73. The first-order valence-electron chi connectivity index (χ1n) is 6.21. The van der Waals surface area contributed by atoms with Gasteiger partial charge in [0.15, 0.2) is 0 Å². The van der Waals surface area contributed by atoms with Gasteiger partial charge in [0.1, 0.15) is 11.2 Å².